The Hall–Kier alpha value is -2.34. The maximum Gasteiger partial charge on any atom is 0.262 e. The molecule has 0 fully saturated rings. The summed E-state index contributed by atoms with van der Waals surface area (Å²) < 4.78 is 6.35. The lowest BCUT2D eigenvalue weighted by atomic mass is 10.1. The number of hydrogen-bond acceptors (Lipinski definition) is 3. The van der Waals surface area contributed by atoms with Gasteiger partial charge in [-0.1, -0.05) is 28.1 Å². The third-order valence-corrected chi connectivity index (χ3v) is 3.59. The number of carbonyl (C=O) groups is 2. The highest BCUT2D eigenvalue weighted by molar-refractivity contribution is 9.10. The van der Waals surface area contributed by atoms with E-state index in [0.717, 1.165) is 10.0 Å². The van der Waals surface area contributed by atoms with E-state index in [4.69, 9.17) is 4.74 Å². The summed E-state index contributed by atoms with van der Waals surface area (Å²) in [5.41, 5.74) is 1.54. The van der Waals surface area contributed by atoms with E-state index in [-0.39, 0.29) is 18.4 Å². The zero-order chi connectivity index (χ0) is 16.7. The molecular formula is C17H17BrN2O3. The van der Waals surface area contributed by atoms with Crippen LogP contribution < -0.4 is 15.4 Å². The Morgan fingerprint density at radius 3 is 2.26 bits per heavy atom. The number of carbonyl (C=O) groups excluding carboxylic acids is 2. The Morgan fingerprint density at radius 2 is 1.65 bits per heavy atom. The lowest BCUT2D eigenvalue weighted by Gasteiger charge is -2.08. The Labute approximate surface area is 143 Å². The second kappa shape index (κ2) is 8.33. The van der Waals surface area contributed by atoms with Crippen molar-refractivity contribution in [1.29, 1.82) is 0 Å². The van der Waals surface area contributed by atoms with Crippen LogP contribution in [0, 0.1) is 0 Å². The highest BCUT2D eigenvalue weighted by Crippen LogP contribution is 2.16. The van der Waals surface area contributed by atoms with Crippen molar-refractivity contribution in [2.75, 3.05) is 19.0 Å². The van der Waals surface area contributed by atoms with E-state index in [0.29, 0.717) is 17.9 Å². The van der Waals surface area contributed by atoms with Gasteiger partial charge in [0.05, 0.1) is 6.42 Å². The van der Waals surface area contributed by atoms with Crippen LogP contribution in [-0.2, 0) is 16.0 Å². The number of anilines is 1. The van der Waals surface area contributed by atoms with Crippen LogP contribution in [0.4, 0.5) is 5.69 Å². The molecule has 2 aromatic rings. The van der Waals surface area contributed by atoms with Gasteiger partial charge in [0.1, 0.15) is 5.75 Å². The van der Waals surface area contributed by atoms with Gasteiger partial charge in [-0.3, -0.25) is 9.59 Å². The molecule has 2 amide bonds. The lowest BCUT2D eigenvalue weighted by Crippen LogP contribution is -2.21. The molecule has 0 spiro atoms. The predicted octanol–water partition coefficient (Wildman–Crippen LogP) is 2.76. The molecule has 0 atom stereocenters. The molecule has 2 rings (SSSR count). The van der Waals surface area contributed by atoms with Crippen LogP contribution in [0.1, 0.15) is 5.56 Å². The fourth-order valence-corrected chi connectivity index (χ4v) is 2.12. The van der Waals surface area contributed by atoms with Crippen molar-refractivity contribution in [3.63, 3.8) is 0 Å². The van der Waals surface area contributed by atoms with Crippen LogP contribution in [0.25, 0.3) is 0 Å². The Morgan fingerprint density at radius 1 is 1.00 bits per heavy atom. The third kappa shape index (κ3) is 5.75. The minimum Gasteiger partial charge on any atom is -0.484 e. The molecule has 5 nitrogen and oxygen atoms in total. The topological polar surface area (TPSA) is 67.4 Å². The number of rotatable bonds is 6. The van der Waals surface area contributed by atoms with Crippen molar-refractivity contribution >= 4 is 33.4 Å². The molecule has 23 heavy (non-hydrogen) atoms. The highest BCUT2D eigenvalue weighted by Gasteiger charge is 2.05. The van der Waals surface area contributed by atoms with Gasteiger partial charge in [0.15, 0.2) is 6.61 Å². The van der Waals surface area contributed by atoms with Gasteiger partial charge in [0, 0.05) is 17.2 Å². The molecule has 0 aromatic heterocycles. The number of hydrogen-bond donors (Lipinski definition) is 2. The predicted molar refractivity (Wildman–Crippen MR) is 92.5 cm³/mol. The molecular weight excluding hydrogens is 360 g/mol. The molecule has 0 aliphatic rings. The Balaban J connectivity index is 1.82. The molecule has 0 radical (unpaired) electrons. The maximum atomic E-state index is 11.9. The summed E-state index contributed by atoms with van der Waals surface area (Å²) in [5.74, 6) is 0.334. The van der Waals surface area contributed by atoms with Crippen LogP contribution in [0.2, 0.25) is 0 Å². The Bertz CT molecular complexity index is 669. The zero-order valence-electron chi connectivity index (χ0n) is 12.6. The van der Waals surface area contributed by atoms with E-state index in [1.54, 1.807) is 43.4 Å². The fourth-order valence-electron chi connectivity index (χ4n) is 1.86. The molecule has 2 aromatic carbocycles. The van der Waals surface area contributed by atoms with Gasteiger partial charge in [0.25, 0.3) is 5.91 Å². The minimum absolute atomic E-state index is 0.0512. The standard InChI is InChI=1S/C17H17BrN2O3/c1-19-16(21)10-12-2-6-14(7-3-12)20-17(22)11-23-15-8-4-13(18)5-9-15/h2-9H,10-11H2,1H3,(H,19,21)(H,20,22). The van der Waals surface area contributed by atoms with Gasteiger partial charge in [-0.05, 0) is 42.0 Å². The van der Waals surface area contributed by atoms with Gasteiger partial charge in [-0.25, -0.2) is 0 Å². The molecule has 0 saturated carbocycles. The van der Waals surface area contributed by atoms with E-state index in [1.807, 2.05) is 12.1 Å². The highest BCUT2D eigenvalue weighted by atomic mass is 79.9. The number of nitrogens with one attached hydrogen (secondary N) is 2. The first-order chi connectivity index (χ1) is 11.1. The van der Waals surface area contributed by atoms with Crippen molar-refractivity contribution in [2.24, 2.45) is 0 Å². The van der Waals surface area contributed by atoms with Gasteiger partial charge in [-0.2, -0.15) is 0 Å². The first-order valence-corrected chi connectivity index (χ1v) is 7.84. The van der Waals surface area contributed by atoms with Crippen LogP contribution in [0.15, 0.2) is 53.0 Å². The molecule has 0 aliphatic carbocycles. The molecule has 2 N–H and O–H groups in total. The molecule has 6 heteroatoms. The molecule has 0 unspecified atom stereocenters. The van der Waals surface area contributed by atoms with Crippen molar-refractivity contribution in [1.82, 2.24) is 5.32 Å². The van der Waals surface area contributed by atoms with Crippen molar-refractivity contribution in [3.8, 4) is 5.75 Å². The van der Waals surface area contributed by atoms with Crippen LogP contribution in [0.3, 0.4) is 0 Å². The summed E-state index contributed by atoms with van der Waals surface area (Å²) in [6.45, 7) is -0.0678. The molecule has 0 saturated heterocycles. The number of ether oxygens (including phenoxy) is 1. The van der Waals surface area contributed by atoms with Gasteiger partial charge >= 0.3 is 0 Å². The molecule has 0 bridgehead atoms. The van der Waals surface area contributed by atoms with Crippen LogP contribution >= 0.6 is 15.9 Å². The average Bonchev–Trinajstić information content (AvgIpc) is 2.56. The quantitative estimate of drug-likeness (QED) is 0.814. The van der Waals surface area contributed by atoms with Crippen LogP contribution in [-0.4, -0.2) is 25.5 Å². The summed E-state index contributed by atoms with van der Waals surface area (Å²) in [6.07, 6.45) is 0.317. The van der Waals surface area contributed by atoms with E-state index in [1.165, 1.54) is 0 Å². The molecule has 120 valence electrons. The third-order valence-electron chi connectivity index (χ3n) is 3.06. The summed E-state index contributed by atoms with van der Waals surface area (Å²) in [5, 5.41) is 5.31. The number of amides is 2. The summed E-state index contributed by atoms with van der Waals surface area (Å²) in [6, 6.07) is 14.4. The maximum absolute atomic E-state index is 11.9. The fraction of sp³-hybridized carbons (Fsp3) is 0.176. The van der Waals surface area contributed by atoms with Crippen molar-refractivity contribution in [3.05, 3.63) is 58.6 Å². The van der Waals surface area contributed by atoms with Crippen molar-refractivity contribution < 1.29 is 14.3 Å². The second-order valence-electron chi connectivity index (χ2n) is 4.84. The van der Waals surface area contributed by atoms with Crippen molar-refractivity contribution in [2.45, 2.75) is 6.42 Å². The number of halogens is 1. The smallest absolute Gasteiger partial charge is 0.262 e. The second-order valence-corrected chi connectivity index (χ2v) is 5.75. The average molecular weight is 377 g/mol. The van der Waals surface area contributed by atoms with Crippen LogP contribution in [0.5, 0.6) is 5.75 Å². The molecule has 0 heterocycles. The first kappa shape index (κ1) is 17.0. The summed E-state index contributed by atoms with van der Waals surface area (Å²) >= 11 is 3.34. The van der Waals surface area contributed by atoms with E-state index < -0.39 is 0 Å². The minimum atomic E-state index is -0.244. The lowest BCUT2D eigenvalue weighted by molar-refractivity contribution is -0.120. The zero-order valence-corrected chi connectivity index (χ0v) is 14.2. The summed E-state index contributed by atoms with van der Waals surface area (Å²) in [7, 11) is 1.60. The number of benzene rings is 2. The SMILES string of the molecule is CNC(=O)Cc1ccc(NC(=O)COc2ccc(Br)cc2)cc1. The molecule has 0 aliphatic heterocycles. The van der Waals surface area contributed by atoms with E-state index in [2.05, 4.69) is 26.6 Å². The van der Waals surface area contributed by atoms with Gasteiger partial charge in [0.2, 0.25) is 5.91 Å². The number of likely N-dealkylation sites (N-methyl/N-ethyl adjacent to an activating group) is 1. The Kier molecular flexibility index (Phi) is 6.17. The normalized spacial score (nSPS) is 10.0. The largest absolute Gasteiger partial charge is 0.484 e. The van der Waals surface area contributed by atoms with Gasteiger partial charge in [-0.15, -0.1) is 0 Å². The first-order valence-electron chi connectivity index (χ1n) is 7.04. The van der Waals surface area contributed by atoms with E-state index >= 15 is 0 Å². The van der Waals surface area contributed by atoms with Gasteiger partial charge < -0.3 is 15.4 Å². The monoisotopic (exact) mass is 376 g/mol. The summed E-state index contributed by atoms with van der Waals surface area (Å²) in [4.78, 5) is 23.1. The van der Waals surface area contributed by atoms with E-state index in [9.17, 15) is 9.59 Å².